The Balaban J connectivity index is 1.44. The van der Waals surface area contributed by atoms with E-state index in [1.54, 1.807) is 6.07 Å². The highest BCUT2D eigenvalue weighted by Gasteiger charge is 2.36. The van der Waals surface area contributed by atoms with E-state index in [2.05, 4.69) is 50.1 Å². The van der Waals surface area contributed by atoms with Crippen molar-refractivity contribution in [2.45, 2.75) is 51.0 Å². The largest absolute Gasteiger partial charge is 0.486 e. The summed E-state index contributed by atoms with van der Waals surface area (Å²) in [4.78, 5) is 2.55. The van der Waals surface area contributed by atoms with Gasteiger partial charge in [-0.05, 0) is 120 Å². The number of piperidine rings is 1. The van der Waals surface area contributed by atoms with Gasteiger partial charge in [-0.25, -0.2) is 4.39 Å². The Morgan fingerprint density at radius 3 is 2.38 bits per heavy atom. The smallest absolute Gasteiger partial charge is 0.131 e. The molecule has 5 heteroatoms. The lowest BCUT2D eigenvalue weighted by molar-refractivity contribution is 0.0918. The van der Waals surface area contributed by atoms with Crippen LogP contribution in [0.4, 0.5) is 4.39 Å². The summed E-state index contributed by atoms with van der Waals surface area (Å²) in [6.45, 7) is 3.30. The molecule has 2 aromatic rings. The van der Waals surface area contributed by atoms with Crippen molar-refractivity contribution in [1.82, 2.24) is 4.90 Å². The Kier molecular flexibility index (Phi) is 7.38. The molecule has 1 saturated carbocycles. The van der Waals surface area contributed by atoms with E-state index < -0.39 is 0 Å². The molecule has 2 aliphatic rings. The Morgan fingerprint density at radius 1 is 0.966 bits per heavy atom. The molecule has 1 heterocycles. The predicted octanol–water partition coefficient (Wildman–Crippen LogP) is 7.20. The number of nitrogens with zero attached hydrogens (tertiary/aromatic N) is 1. The van der Waals surface area contributed by atoms with Crippen molar-refractivity contribution in [3.63, 3.8) is 0 Å². The van der Waals surface area contributed by atoms with Crippen LogP contribution >= 0.6 is 45.2 Å². The molecule has 156 valence electrons. The van der Waals surface area contributed by atoms with Crippen LogP contribution in [0.15, 0.2) is 42.5 Å². The van der Waals surface area contributed by atoms with Gasteiger partial charge >= 0.3 is 0 Å². The minimum atomic E-state index is -0.271. The highest BCUT2D eigenvalue weighted by molar-refractivity contribution is 14.1. The number of halogens is 3. The number of hydrogen-bond donors (Lipinski definition) is 0. The fourth-order valence-corrected chi connectivity index (χ4v) is 5.89. The van der Waals surface area contributed by atoms with Crippen molar-refractivity contribution in [3.05, 3.63) is 61.0 Å². The number of ether oxygens (including phenoxy) is 1. The Bertz CT molecular complexity index is 827. The van der Waals surface area contributed by atoms with Crippen LogP contribution < -0.4 is 4.74 Å². The zero-order valence-corrected chi connectivity index (χ0v) is 21.0. The van der Waals surface area contributed by atoms with Crippen molar-refractivity contribution in [2.75, 3.05) is 19.6 Å². The lowest BCUT2D eigenvalue weighted by atomic mass is 9.77. The molecule has 2 aromatic carbocycles. The molecule has 1 unspecified atom stereocenters. The van der Waals surface area contributed by atoms with E-state index in [0.29, 0.717) is 11.0 Å². The second kappa shape index (κ2) is 9.81. The summed E-state index contributed by atoms with van der Waals surface area (Å²) in [6.07, 6.45) is 8.86. The Labute approximate surface area is 200 Å². The quantitative estimate of drug-likeness (QED) is 0.318. The van der Waals surface area contributed by atoms with Gasteiger partial charge in [0.05, 0.1) is 0 Å². The lowest BCUT2D eigenvalue weighted by Gasteiger charge is -2.39. The molecule has 29 heavy (non-hydrogen) atoms. The first-order valence-electron chi connectivity index (χ1n) is 10.6. The van der Waals surface area contributed by atoms with Crippen LogP contribution in [0.5, 0.6) is 5.75 Å². The molecule has 0 bridgehead atoms. The molecule has 0 radical (unpaired) electrons. The first kappa shape index (κ1) is 21.8. The van der Waals surface area contributed by atoms with Crippen molar-refractivity contribution in [3.8, 4) is 5.75 Å². The molecular formula is C24H28FI2NO. The molecule has 2 nitrogen and oxygen atoms in total. The molecule has 4 rings (SSSR count). The van der Waals surface area contributed by atoms with Crippen molar-refractivity contribution in [1.29, 1.82) is 0 Å². The first-order valence-corrected chi connectivity index (χ1v) is 12.8. The highest BCUT2D eigenvalue weighted by Crippen LogP contribution is 2.46. The normalized spacial score (nSPS) is 20.1. The Morgan fingerprint density at radius 2 is 1.69 bits per heavy atom. The van der Waals surface area contributed by atoms with Gasteiger partial charge in [-0.15, -0.1) is 0 Å². The van der Waals surface area contributed by atoms with Crippen LogP contribution in [0, 0.1) is 18.4 Å². The van der Waals surface area contributed by atoms with Gasteiger partial charge in [0.1, 0.15) is 17.7 Å². The molecule has 1 aliphatic carbocycles. The monoisotopic (exact) mass is 619 g/mol. The second-order valence-corrected chi connectivity index (χ2v) is 11.1. The first-order chi connectivity index (χ1) is 14.0. The SMILES string of the molecule is Fc1cc(I)ccc1C(CCN1CCC2(CCCC2)CC1)Oc1cccc(I)c1. The van der Waals surface area contributed by atoms with E-state index in [9.17, 15) is 4.39 Å². The van der Waals surface area contributed by atoms with Crippen molar-refractivity contribution >= 4 is 45.2 Å². The van der Waals surface area contributed by atoms with Gasteiger partial charge in [0.25, 0.3) is 0 Å². The summed E-state index contributed by atoms with van der Waals surface area (Å²) in [6, 6.07) is 13.5. The third-order valence-electron chi connectivity index (χ3n) is 6.67. The topological polar surface area (TPSA) is 12.5 Å². The standard InChI is InChI=1S/C24H28FI2NO/c25-22-17-19(27)6-7-21(22)23(29-20-5-3-4-18(26)16-20)8-13-28-14-11-24(12-15-28)9-1-2-10-24/h3-7,16-17,23H,1-2,8-15H2. The van der Waals surface area contributed by atoms with Crippen LogP contribution in [0.25, 0.3) is 0 Å². The number of benzene rings is 2. The summed E-state index contributed by atoms with van der Waals surface area (Å²) in [5.41, 5.74) is 1.29. The van der Waals surface area contributed by atoms with Gasteiger partial charge in [0, 0.05) is 25.7 Å². The average Bonchev–Trinajstić information content (AvgIpc) is 3.15. The molecule has 1 atom stereocenters. The number of hydrogen-bond acceptors (Lipinski definition) is 2. The van der Waals surface area contributed by atoms with Gasteiger partial charge in [-0.1, -0.05) is 25.0 Å². The van der Waals surface area contributed by atoms with E-state index in [1.165, 1.54) is 51.6 Å². The van der Waals surface area contributed by atoms with Gasteiger partial charge in [0.2, 0.25) is 0 Å². The summed E-state index contributed by atoms with van der Waals surface area (Å²) < 4.78 is 23.1. The number of rotatable bonds is 6. The highest BCUT2D eigenvalue weighted by atomic mass is 127. The van der Waals surface area contributed by atoms with E-state index >= 15 is 0 Å². The maximum absolute atomic E-state index is 14.7. The van der Waals surface area contributed by atoms with Crippen LogP contribution in [0.3, 0.4) is 0 Å². The molecule has 1 aliphatic heterocycles. The summed E-state index contributed by atoms with van der Waals surface area (Å²) >= 11 is 4.44. The second-order valence-electron chi connectivity index (χ2n) is 8.57. The van der Waals surface area contributed by atoms with Gasteiger partial charge in [-0.2, -0.15) is 0 Å². The number of likely N-dealkylation sites (tertiary alicyclic amines) is 1. The van der Waals surface area contributed by atoms with Crippen molar-refractivity contribution in [2.24, 2.45) is 5.41 Å². The summed E-state index contributed by atoms with van der Waals surface area (Å²) in [7, 11) is 0. The lowest BCUT2D eigenvalue weighted by Crippen LogP contribution is -2.39. The van der Waals surface area contributed by atoms with Crippen molar-refractivity contribution < 1.29 is 9.13 Å². The summed E-state index contributed by atoms with van der Waals surface area (Å²) in [5, 5.41) is 0. The van der Waals surface area contributed by atoms with Crippen LogP contribution in [0.2, 0.25) is 0 Å². The molecule has 0 amide bonds. The minimum absolute atomic E-state index is 0.170. The molecule has 1 spiro atoms. The maximum Gasteiger partial charge on any atom is 0.131 e. The molecule has 2 fully saturated rings. The fraction of sp³-hybridized carbons (Fsp3) is 0.500. The minimum Gasteiger partial charge on any atom is -0.486 e. The third-order valence-corrected chi connectivity index (χ3v) is 8.01. The Hall–Kier alpha value is -0.410. The van der Waals surface area contributed by atoms with Gasteiger partial charge < -0.3 is 9.64 Å². The predicted molar refractivity (Wildman–Crippen MR) is 133 cm³/mol. The molecular weight excluding hydrogens is 591 g/mol. The average molecular weight is 619 g/mol. The van der Waals surface area contributed by atoms with E-state index in [0.717, 1.165) is 25.9 Å². The van der Waals surface area contributed by atoms with E-state index in [4.69, 9.17) is 4.74 Å². The van der Waals surface area contributed by atoms with Gasteiger partial charge in [0.15, 0.2) is 0 Å². The zero-order valence-electron chi connectivity index (χ0n) is 16.7. The zero-order chi connectivity index (χ0) is 20.3. The summed E-state index contributed by atoms with van der Waals surface area (Å²) in [5.74, 6) is 0.638. The van der Waals surface area contributed by atoms with Crippen LogP contribution in [0.1, 0.15) is 56.6 Å². The molecule has 0 N–H and O–H groups in total. The molecule has 0 aromatic heterocycles. The third kappa shape index (κ3) is 5.64. The molecule has 1 saturated heterocycles. The fourth-order valence-electron chi connectivity index (χ4n) is 4.92. The van der Waals surface area contributed by atoms with Crippen LogP contribution in [-0.4, -0.2) is 24.5 Å². The van der Waals surface area contributed by atoms with E-state index in [-0.39, 0.29) is 11.9 Å². The van der Waals surface area contributed by atoms with E-state index in [1.807, 2.05) is 36.4 Å². The maximum atomic E-state index is 14.7. The van der Waals surface area contributed by atoms with Gasteiger partial charge in [-0.3, -0.25) is 0 Å². The van der Waals surface area contributed by atoms with Crippen LogP contribution in [-0.2, 0) is 0 Å².